The molecule has 1 heterocycles. The van der Waals surface area contributed by atoms with Crippen LogP contribution >= 0.6 is 11.8 Å². The molecule has 0 radical (unpaired) electrons. The zero-order valence-electron chi connectivity index (χ0n) is 14.8. The number of anilines is 1. The van der Waals surface area contributed by atoms with E-state index >= 15 is 0 Å². The lowest BCUT2D eigenvalue weighted by atomic mass is 9.86. The van der Waals surface area contributed by atoms with Gasteiger partial charge < -0.3 is 5.32 Å². The van der Waals surface area contributed by atoms with Gasteiger partial charge in [-0.2, -0.15) is 0 Å². The van der Waals surface area contributed by atoms with E-state index in [1.54, 1.807) is 11.8 Å². The van der Waals surface area contributed by atoms with Crippen molar-refractivity contribution in [1.82, 2.24) is 10.9 Å². The Morgan fingerprint density at radius 1 is 1.24 bits per heavy atom. The molecule has 2 aliphatic rings. The Kier molecular flexibility index (Phi) is 6.02. The van der Waals surface area contributed by atoms with Crippen LogP contribution in [0.2, 0.25) is 0 Å². The summed E-state index contributed by atoms with van der Waals surface area (Å²) in [6, 6.07) is 8.27. The van der Waals surface area contributed by atoms with Gasteiger partial charge in [0.15, 0.2) is 5.17 Å². The Morgan fingerprint density at radius 3 is 2.64 bits per heavy atom. The minimum Gasteiger partial charge on any atom is -0.326 e. The molecular weight excluding hydrogens is 332 g/mol. The highest BCUT2D eigenvalue weighted by molar-refractivity contribution is 8.16. The van der Waals surface area contributed by atoms with Crippen LogP contribution in [0.25, 0.3) is 5.70 Å². The summed E-state index contributed by atoms with van der Waals surface area (Å²) >= 11 is 1.62. The van der Waals surface area contributed by atoms with E-state index in [2.05, 4.69) is 28.5 Å². The van der Waals surface area contributed by atoms with Crippen molar-refractivity contribution in [3.63, 3.8) is 0 Å². The van der Waals surface area contributed by atoms with Crippen molar-refractivity contribution in [2.24, 2.45) is 10.9 Å². The molecule has 25 heavy (non-hydrogen) atoms. The average Bonchev–Trinajstić information content (AvgIpc) is 2.65. The highest BCUT2D eigenvalue weighted by Crippen LogP contribution is 2.28. The van der Waals surface area contributed by atoms with Crippen molar-refractivity contribution in [2.45, 2.75) is 52.0 Å². The molecule has 1 amide bonds. The number of amidine groups is 1. The van der Waals surface area contributed by atoms with Crippen LogP contribution in [0.4, 0.5) is 5.69 Å². The number of aliphatic imine (C=N–C) groups is 1. The summed E-state index contributed by atoms with van der Waals surface area (Å²) in [6.45, 7) is 4.14. The highest BCUT2D eigenvalue weighted by Gasteiger charge is 2.22. The second-order valence-electron chi connectivity index (χ2n) is 6.64. The molecule has 1 aliphatic heterocycles. The third kappa shape index (κ3) is 4.78. The largest absolute Gasteiger partial charge is 0.326 e. The normalized spacial score (nSPS) is 24.9. The first-order valence-electron chi connectivity index (χ1n) is 9.02. The molecule has 1 fully saturated rings. The Morgan fingerprint density at radius 2 is 2.00 bits per heavy atom. The van der Waals surface area contributed by atoms with Crippen LogP contribution in [0.15, 0.2) is 34.7 Å². The average molecular weight is 359 g/mol. The predicted octanol–water partition coefficient (Wildman–Crippen LogP) is 4.11. The number of hydrogen-bond acceptors (Lipinski definition) is 4. The maximum atomic E-state index is 11.4. The first-order chi connectivity index (χ1) is 12.2. The SMILES string of the molecule is CCC(=O)Nc1ccc(C2=CSC(=N[C@H]3CCCC[C@H]3C)NN2)cc1. The molecule has 3 N–H and O–H groups in total. The second-order valence-corrected chi connectivity index (χ2v) is 7.50. The number of rotatable bonds is 4. The van der Waals surface area contributed by atoms with Crippen molar-refractivity contribution in [3.8, 4) is 0 Å². The third-order valence-corrected chi connectivity index (χ3v) is 5.53. The summed E-state index contributed by atoms with van der Waals surface area (Å²) in [5.74, 6) is 0.692. The molecule has 0 aromatic heterocycles. The molecule has 1 saturated carbocycles. The minimum atomic E-state index is 0.0257. The number of benzene rings is 1. The molecule has 0 bridgehead atoms. The van der Waals surface area contributed by atoms with Gasteiger partial charge in [-0.05, 0) is 30.9 Å². The Balaban J connectivity index is 1.61. The number of hydrogen-bond donors (Lipinski definition) is 3. The van der Waals surface area contributed by atoms with Crippen LogP contribution in [-0.4, -0.2) is 17.1 Å². The van der Waals surface area contributed by atoms with Gasteiger partial charge in [0.2, 0.25) is 5.91 Å². The summed E-state index contributed by atoms with van der Waals surface area (Å²) < 4.78 is 0. The molecule has 5 nitrogen and oxygen atoms in total. The predicted molar refractivity (Wildman–Crippen MR) is 106 cm³/mol. The van der Waals surface area contributed by atoms with Crippen molar-refractivity contribution < 1.29 is 4.79 Å². The number of nitrogens with zero attached hydrogens (tertiary/aromatic N) is 1. The Bertz CT molecular complexity index is 669. The molecule has 1 aromatic rings. The van der Waals surface area contributed by atoms with E-state index in [9.17, 15) is 4.79 Å². The summed E-state index contributed by atoms with van der Waals surface area (Å²) in [5.41, 5.74) is 9.35. The van der Waals surface area contributed by atoms with Gasteiger partial charge in [-0.25, -0.2) is 0 Å². The van der Waals surface area contributed by atoms with Crippen LogP contribution in [0, 0.1) is 5.92 Å². The number of thioether (sulfide) groups is 1. The monoisotopic (exact) mass is 358 g/mol. The standard InChI is InChI=1S/C19H26N4OS/c1-3-18(24)20-15-10-8-14(9-11-15)17-12-25-19(23-22-17)21-16-7-5-4-6-13(16)2/h8-13,16,22H,3-7H2,1-2H3,(H,20,24)(H,21,23)/t13-,16+/m1/s1. The van der Waals surface area contributed by atoms with E-state index in [0.717, 1.165) is 22.1 Å². The first-order valence-corrected chi connectivity index (χ1v) is 9.90. The fourth-order valence-electron chi connectivity index (χ4n) is 3.12. The van der Waals surface area contributed by atoms with Gasteiger partial charge in [0.1, 0.15) is 0 Å². The lowest BCUT2D eigenvalue weighted by Crippen LogP contribution is -2.38. The fourth-order valence-corrected chi connectivity index (χ4v) is 3.85. The molecule has 134 valence electrons. The zero-order chi connectivity index (χ0) is 17.6. The van der Waals surface area contributed by atoms with Crippen molar-refractivity contribution >= 4 is 34.2 Å². The summed E-state index contributed by atoms with van der Waals surface area (Å²) in [7, 11) is 0. The molecule has 3 rings (SSSR count). The second kappa shape index (κ2) is 8.43. The Labute approximate surface area is 153 Å². The third-order valence-electron chi connectivity index (χ3n) is 4.74. The van der Waals surface area contributed by atoms with Crippen LogP contribution < -0.4 is 16.2 Å². The highest BCUT2D eigenvalue weighted by atomic mass is 32.2. The maximum absolute atomic E-state index is 11.4. The first kappa shape index (κ1) is 17.9. The molecule has 1 aliphatic carbocycles. The Hall–Kier alpha value is -1.95. The molecular formula is C19H26N4OS. The van der Waals surface area contributed by atoms with Gasteiger partial charge in [-0.3, -0.25) is 20.6 Å². The summed E-state index contributed by atoms with van der Waals surface area (Å²) in [4.78, 5) is 16.3. The van der Waals surface area contributed by atoms with Crippen molar-refractivity contribution in [3.05, 3.63) is 35.2 Å². The topological polar surface area (TPSA) is 65.5 Å². The quantitative estimate of drug-likeness (QED) is 0.758. The van der Waals surface area contributed by atoms with Gasteiger partial charge in [-0.1, -0.05) is 50.6 Å². The molecule has 0 spiro atoms. The van der Waals surface area contributed by atoms with Crippen LogP contribution in [0.1, 0.15) is 51.5 Å². The van der Waals surface area contributed by atoms with Crippen LogP contribution in [0.5, 0.6) is 0 Å². The van der Waals surface area contributed by atoms with E-state index in [-0.39, 0.29) is 5.91 Å². The van der Waals surface area contributed by atoms with Gasteiger partial charge in [0.25, 0.3) is 0 Å². The number of hydrazine groups is 1. The smallest absolute Gasteiger partial charge is 0.224 e. The fraction of sp³-hybridized carbons (Fsp3) is 0.474. The van der Waals surface area contributed by atoms with Crippen molar-refractivity contribution in [1.29, 1.82) is 0 Å². The number of amides is 1. The van der Waals surface area contributed by atoms with Crippen LogP contribution in [0.3, 0.4) is 0 Å². The van der Waals surface area contributed by atoms with Gasteiger partial charge in [-0.15, -0.1) is 0 Å². The number of carbonyl (C=O) groups excluding carboxylic acids is 1. The molecule has 0 unspecified atom stereocenters. The van der Waals surface area contributed by atoms with Crippen LogP contribution in [-0.2, 0) is 4.79 Å². The molecule has 2 atom stereocenters. The number of nitrogens with one attached hydrogen (secondary N) is 3. The number of carbonyl (C=O) groups is 1. The summed E-state index contributed by atoms with van der Waals surface area (Å²) in [5, 5.41) is 5.88. The summed E-state index contributed by atoms with van der Waals surface area (Å²) in [6.07, 6.45) is 5.57. The van der Waals surface area contributed by atoms with E-state index in [4.69, 9.17) is 4.99 Å². The molecule has 6 heteroatoms. The maximum Gasteiger partial charge on any atom is 0.224 e. The van der Waals surface area contributed by atoms with E-state index in [0.29, 0.717) is 18.4 Å². The van der Waals surface area contributed by atoms with Gasteiger partial charge in [0, 0.05) is 23.1 Å². The lowest BCUT2D eigenvalue weighted by Gasteiger charge is -2.27. The zero-order valence-corrected chi connectivity index (χ0v) is 15.7. The van der Waals surface area contributed by atoms with Crippen molar-refractivity contribution in [2.75, 3.05) is 5.32 Å². The molecule has 1 aromatic carbocycles. The van der Waals surface area contributed by atoms with E-state index < -0.39 is 0 Å². The lowest BCUT2D eigenvalue weighted by molar-refractivity contribution is -0.115. The van der Waals surface area contributed by atoms with E-state index in [1.165, 1.54) is 25.7 Å². The van der Waals surface area contributed by atoms with E-state index in [1.807, 2.05) is 31.2 Å². The minimum absolute atomic E-state index is 0.0257. The molecule has 0 saturated heterocycles. The van der Waals surface area contributed by atoms with Gasteiger partial charge >= 0.3 is 0 Å². The van der Waals surface area contributed by atoms with Gasteiger partial charge in [0.05, 0.1) is 11.7 Å².